The van der Waals surface area contributed by atoms with Crippen LogP contribution in [0.4, 0.5) is 0 Å². The summed E-state index contributed by atoms with van der Waals surface area (Å²) in [7, 11) is 0. The number of hydrogen-bond donors (Lipinski definition) is 2. The number of aromatic carboxylic acids is 1. The van der Waals surface area contributed by atoms with Crippen molar-refractivity contribution in [2.45, 2.75) is 25.8 Å². The first-order chi connectivity index (χ1) is 10.1. The Morgan fingerprint density at radius 2 is 2.24 bits per heavy atom. The third-order valence-electron chi connectivity index (χ3n) is 3.03. The molecule has 0 fully saturated rings. The van der Waals surface area contributed by atoms with E-state index in [0.717, 1.165) is 11.4 Å². The quantitative estimate of drug-likeness (QED) is 0.860. The Kier molecular flexibility index (Phi) is 5.05. The molecule has 0 aliphatic rings. The molecule has 2 aromatic rings. The summed E-state index contributed by atoms with van der Waals surface area (Å²) in [4.78, 5) is 27.2. The summed E-state index contributed by atoms with van der Waals surface area (Å²) in [5.41, 5.74) is 0.869. The number of carboxylic acids is 1. The van der Waals surface area contributed by atoms with Crippen LogP contribution in [0.25, 0.3) is 0 Å². The number of nitrogens with zero attached hydrogens (tertiary/aromatic N) is 1. The van der Waals surface area contributed by atoms with E-state index in [2.05, 4.69) is 10.3 Å². The molecule has 2 N–H and O–H groups in total. The zero-order chi connectivity index (χ0) is 15.2. The lowest BCUT2D eigenvalue weighted by molar-refractivity contribution is -0.121. The summed E-state index contributed by atoms with van der Waals surface area (Å²) in [6.07, 6.45) is 2.63. The Hall–Kier alpha value is -2.21. The van der Waals surface area contributed by atoms with Gasteiger partial charge < -0.3 is 10.4 Å². The fourth-order valence-corrected chi connectivity index (χ4v) is 2.76. The van der Waals surface area contributed by atoms with Crippen molar-refractivity contribution in [1.29, 1.82) is 0 Å². The number of carbonyl (C=O) groups is 2. The Balaban J connectivity index is 2.01. The van der Waals surface area contributed by atoms with Crippen molar-refractivity contribution in [2.24, 2.45) is 0 Å². The van der Waals surface area contributed by atoms with Gasteiger partial charge in [-0.25, -0.2) is 9.78 Å². The average Bonchev–Trinajstić information content (AvgIpc) is 2.99. The molecule has 0 saturated carbocycles. The standard InChI is InChI=1S/C15H16N2O3S/c1-2-12(14-16-6-7-21-14)17-13(18)9-10-4-3-5-11(8-10)15(19)20/h3-8,12H,2,9H2,1H3,(H,17,18)(H,19,20). The van der Waals surface area contributed by atoms with E-state index in [0.29, 0.717) is 5.56 Å². The molecule has 1 atom stereocenters. The third kappa shape index (κ3) is 4.13. The molecule has 5 nitrogen and oxygen atoms in total. The fourth-order valence-electron chi connectivity index (χ4n) is 1.99. The predicted octanol–water partition coefficient (Wildman–Crippen LogP) is 2.65. The SMILES string of the molecule is CCC(NC(=O)Cc1cccc(C(=O)O)c1)c1nccs1. The molecular formula is C15H16N2O3S. The highest BCUT2D eigenvalue weighted by Crippen LogP contribution is 2.19. The van der Waals surface area contributed by atoms with Crippen LogP contribution < -0.4 is 5.32 Å². The molecule has 0 saturated heterocycles. The summed E-state index contributed by atoms with van der Waals surface area (Å²) in [5.74, 6) is -1.13. The first-order valence-corrected chi connectivity index (χ1v) is 7.49. The molecule has 0 spiro atoms. The first kappa shape index (κ1) is 15.2. The summed E-state index contributed by atoms with van der Waals surface area (Å²) >= 11 is 1.51. The second kappa shape index (κ2) is 6.99. The highest BCUT2D eigenvalue weighted by Gasteiger charge is 2.15. The van der Waals surface area contributed by atoms with Gasteiger partial charge in [0.1, 0.15) is 5.01 Å². The smallest absolute Gasteiger partial charge is 0.335 e. The van der Waals surface area contributed by atoms with Gasteiger partial charge in [0.15, 0.2) is 0 Å². The van der Waals surface area contributed by atoms with E-state index in [1.165, 1.54) is 23.5 Å². The van der Waals surface area contributed by atoms with Crippen molar-refractivity contribution in [1.82, 2.24) is 10.3 Å². The Labute approximate surface area is 126 Å². The zero-order valence-corrected chi connectivity index (χ0v) is 12.4. The maximum atomic E-state index is 12.1. The van der Waals surface area contributed by atoms with E-state index in [1.54, 1.807) is 18.3 Å². The molecule has 6 heteroatoms. The van der Waals surface area contributed by atoms with Gasteiger partial charge in [0.2, 0.25) is 5.91 Å². The maximum Gasteiger partial charge on any atom is 0.335 e. The van der Waals surface area contributed by atoms with Crippen LogP contribution >= 0.6 is 11.3 Å². The van der Waals surface area contributed by atoms with Gasteiger partial charge in [0.25, 0.3) is 0 Å². The number of amides is 1. The van der Waals surface area contributed by atoms with Gasteiger partial charge in [-0.05, 0) is 24.1 Å². The van der Waals surface area contributed by atoms with E-state index in [-0.39, 0.29) is 23.9 Å². The van der Waals surface area contributed by atoms with Crippen molar-refractivity contribution in [3.05, 3.63) is 52.0 Å². The molecular weight excluding hydrogens is 288 g/mol. The number of carboxylic acid groups (broad SMARTS) is 1. The minimum atomic E-state index is -0.994. The largest absolute Gasteiger partial charge is 0.478 e. The summed E-state index contributed by atoms with van der Waals surface area (Å²) in [6.45, 7) is 1.98. The molecule has 0 bridgehead atoms. The van der Waals surface area contributed by atoms with Crippen LogP contribution in [0, 0.1) is 0 Å². The maximum absolute atomic E-state index is 12.1. The monoisotopic (exact) mass is 304 g/mol. The van der Waals surface area contributed by atoms with Crippen LogP contribution in [0.2, 0.25) is 0 Å². The van der Waals surface area contributed by atoms with Crippen LogP contribution in [0.15, 0.2) is 35.8 Å². The van der Waals surface area contributed by atoms with Crippen molar-refractivity contribution >= 4 is 23.2 Å². The fraction of sp³-hybridized carbons (Fsp3) is 0.267. The predicted molar refractivity (Wildman–Crippen MR) is 80.4 cm³/mol. The molecule has 1 aromatic carbocycles. The van der Waals surface area contributed by atoms with E-state index >= 15 is 0 Å². The number of aromatic nitrogens is 1. The van der Waals surface area contributed by atoms with Gasteiger partial charge in [-0.15, -0.1) is 11.3 Å². The Bertz CT molecular complexity index is 626. The number of thiazole rings is 1. The van der Waals surface area contributed by atoms with Gasteiger partial charge in [0, 0.05) is 11.6 Å². The number of rotatable bonds is 6. The lowest BCUT2D eigenvalue weighted by atomic mass is 10.1. The van der Waals surface area contributed by atoms with E-state index in [4.69, 9.17) is 5.11 Å². The summed E-state index contributed by atoms with van der Waals surface area (Å²) in [6, 6.07) is 6.32. The molecule has 0 aliphatic carbocycles. The normalized spacial score (nSPS) is 11.9. The lowest BCUT2D eigenvalue weighted by Crippen LogP contribution is -2.29. The number of benzene rings is 1. The second-order valence-corrected chi connectivity index (χ2v) is 5.51. The number of hydrogen-bond acceptors (Lipinski definition) is 4. The molecule has 0 radical (unpaired) electrons. The molecule has 0 aliphatic heterocycles. The average molecular weight is 304 g/mol. The zero-order valence-electron chi connectivity index (χ0n) is 11.6. The van der Waals surface area contributed by atoms with Gasteiger partial charge in [-0.3, -0.25) is 4.79 Å². The highest BCUT2D eigenvalue weighted by molar-refractivity contribution is 7.09. The van der Waals surface area contributed by atoms with Crippen LogP contribution in [-0.4, -0.2) is 22.0 Å². The van der Waals surface area contributed by atoms with Crippen molar-refractivity contribution < 1.29 is 14.7 Å². The summed E-state index contributed by atoms with van der Waals surface area (Å²) < 4.78 is 0. The molecule has 110 valence electrons. The van der Waals surface area contributed by atoms with Crippen molar-refractivity contribution in [3.63, 3.8) is 0 Å². The minimum absolute atomic E-state index is 0.0971. The third-order valence-corrected chi connectivity index (χ3v) is 3.92. The molecule has 1 aromatic heterocycles. The first-order valence-electron chi connectivity index (χ1n) is 6.61. The van der Waals surface area contributed by atoms with Crippen LogP contribution in [-0.2, 0) is 11.2 Å². The van der Waals surface area contributed by atoms with Crippen LogP contribution in [0.3, 0.4) is 0 Å². The lowest BCUT2D eigenvalue weighted by Gasteiger charge is -2.14. The minimum Gasteiger partial charge on any atom is -0.478 e. The van der Waals surface area contributed by atoms with E-state index in [1.807, 2.05) is 12.3 Å². The van der Waals surface area contributed by atoms with Crippen LogP contribution in [0.1, 0.15) is 40.3 Å². The highest BCUT2D eigenvalue weighted by atomic mass is 32.1. The molecule has 2 rings (SSSR count). The van der Waals surface area contributed by atoms with E-state index < -0.39 is 5.97 Å². The Morgan fingerprint density at radius 3 is 2.86 bits per heavy atom. The van der Waals surface area contributed by atoms with Gasteiger partial charge in [-0.2, -0.15) is 0 Å². The number of nitrogens with one attached hydrogen (secondary N) is 1. The Morgan fingerprint density at radius 1 is 1.43 bits per heavy atom. The topological polar surface area (TPSA) is 79.3 Å². The van der Waals surface area contributed by atoms with Crippen LogP contribution in [0.5, 0.6) is 0 Å². The molecule has 1 unspecified atom stereocenters. The second-order valence-electron chi connectivity index (χ2n) is 4.58. The van der Waals surface area contributed by atoms with Crippen molar-refractivity contribution in [3.8, 4) is 0 Å². The summed E-state index contributed by atoms with van der Waals surface area (Å²) in [5, 5.41) is 14.6. The molecule has 21 heavy (non-hydrogen) atoms. The van der Waals surface area contributed by atoms with Gasteiger partial charge in [0.05, 0.1) is 18.0 Å². The number of carbonyl (C=O) groups excluding carboxylic acids is 1. The van der Waals surface area contributed by atoms with Crippen molar-refractivity contribution in [2.75, 3.05) is 0 Å². The van der Waals surface area contributed by atoms with Gasteiger partial charge in [-0.1, -0.05) is 19.1 Å². The van der Waals surface area contributed by atoms with Gasteiger partial charge >= 0.3 is 5.97 Å². The molecule has 1 heterocycles. The van der Waals surface area contributed by atoms with E-state index in [9.17, 15) is 9.59 Å². The molecule has 1 amide bonds.